The molecule has 2 N–H and O–H groups in total. The van der Waals surface area contributed by atoms with Crippen LogP contribution in [0.2, 0.25) is 0 Å². The predicted molar refractivity (Wildman–Crippen MR) is 64.2 cm³/mol. The van der Waals surface area contributed by atoms with Crippen LogP contribution in [0.25, 0.3) is 10.9 Å². The molecule has 1 heterocycles. The Morgan fingerprint density at radius 3 is 2.94 bits per heavy atom. The summed E-state index contributed by atoms with van der Waals surface area (Å²) in [7, 11) is 0. The highest BCUT2D eigenvalue weighted by molar-refractivity contribution is 5.77. The van der Waals surface area contributed by atoms with Crippen molar-refractivity contribution in [3.63, 3.8) is 0 Å². The van der Waals surface area contributed by atoms with E-state index < -0.39 is 0 Å². The van der Waals surface area contributed by atoms with Gasteiger partial charge in [0.05, 0.1) is 11.7 Å². The quantitative estimate of drug-likeness (QED) is 0.834. The van der Waals surface area contributed by atoms with Crippen LogP contribution in [0.3, 0.4) is 0 Å². The second-order valence-corrected chi connectivity index (χ2v) is 4.05. The van der Waals surface area contributed by atoms with Gasteiger partial charge in [-0.05, 0) is 24.6 Å². The van der Waals surface area contributed by atoms with Gasteiger partial charge in [-0.25, -0.2) is 0 Å². The van der Waals surface area contributed by atoms with Gasteiger partial charge in [0.15, 0.2) is 0 Å². The van der Waals surface area contributed by atoms with Crippen LogP contribution >= 0.6 is 0 Å². The Balaban J connectivity index is 2.54. The molecule has 1 aromatic carbocycles. The lowest BCUT2D eigenvalue weighted by atomic mass is 10.1. The lowest BCUT2D eigenvalue weighted by Gasteiger charge is -2.12. The number of hydrogen-bond donors (Lipinski definition) is 1. The molecule has 0 spiro atoms. The van der Waals surface area contributed by atoms with E-state index in [1.54, 1.807) is 0 Å². The summed E-state index contributed by atoms with van der Waals surface area (Å²) >= 11 is 0. The van der Waals surface area contributed by atoms with Crippen molar-refractivity contribution in [2.75, 3.05) is 6.54 Å². The zero-order valence-electron chi connectivity index (χ0n) is 9.26. The Hall–Kier alpha value is -1.68. The molecule has 0 bridgehead atoms. The van der Waals surface area contributed by atoms with Crippen LogP contribution < -0.4 is 11.2 Å². The van der Waals surface area contributed by atoms with Gasteiger partial charge >= 0.3 is 0 Å². The summed E-state index contributed by atoms with van der Waals surface area (Å²) in [5, 5.41) is 4.85. The van der Waals surface area contributed by atoms with E-state index in [0.717, 1.165) is 12.1 Å². The first-order chi connectivity index (χ1) is 7.72. The van der Waals surface area contributed by atoms with Gasteiger partial charge in [-0.2, -0.15) is 5.10 Å². The van der Waals surface area contributed by atoms with Crippen LogP contribution in [0, 0.1) is 5.92 Å². The minimum absolute atomic E-state index is 0.0350. The Kier molecular flexibility index (Phi) is 3.01. The maximum absolute atomic E-state index is 11.6. The molecular weight excluding hydrogens is 202 g/mol. The van der Waals surface area contributed by atoms with Gasteiger partial charge in [-0.15, -0.1) is 0 Å². The number of fused-ring (bicyclic) bond motifs is 1. The highest BCUT2D eigenvalue weighted by Gasteiger charge is 2.06. The first-order valence-corrected chi connectivity index (χ1v) is 5.37. The van der Waals surface area contributed by atoms with Gasteiger partial charge < -0.3 is 5.73 Å². The Labute approximate surface area is 93.7 Å². The lowest BCUT2D eigenvalue weighted by molar-refractivity contribution is 0.464. The third-order valence-electron chi connectivity index (χ3n) is 2.65. The number of aromatic nitrogens is 2. The van der Waals surface area contributed by atoms with Gasteiger partial charge in [-0.3, -0.25) is 9.48 Å². The lowest BCUT2D eigenvalue weighted by Crippen LogP contribution is -2.20. The van der Waals surface area contributed by atoms with Crippen LogP contribution in [0.5, 0.6) is 0 Å². The summed E-state index contributed by atoms with van der Waals surface area (Å²) in [4.78, 5) is 11.6. The second-order valence-electron chi connectivity index (χ2n) is 4.05. The highest BCUT2D eigenvalue weighted by Crippen LogP contribution is 2.09. The van der Waals surface area contributed by atoms with Crippen LogP contribution in [0.1, 0.15) is 6.92 Å². The van der Waals surface area contributed by atoms with Crippen molar-refractivity contribution in [1.82, 2.24) is 9.78 Å². The number of benzene rings is 1. The molecule has 4 nitrogen and oxygen atoms in total. The average Bonchev–Trinajstić information content (AvgIpc) is 2.33. The van der Waals surface area contributed by atoms with Crippen molar-refractivity contribution >= 4 is 10.9 Å². The predicted octanol–water partition coefficient (Wildman–Crippen LogP) is 0.991. The van der Waals surface area contributed by atoms with Gasteiger partial charge in [0.2, 0.25) is 5.43 Å². The molecule has 0 amide bonds. The molecule has 0 radical (unpaired) electrons. The van der Waals surface area contributed by atoms with Crippen LogP contribution in [-0.4, -0.2) is 16.3 Å². The van der Waals surface area contributed by atoms with Crippen molar-refractivity contribution in [3.8, 4) is 0 Å². The third-order valence-corrected chi connectivity index (χ3v) is 2.65. The van der Waals surface area contributed by atoms with Crippen LogP contribution in [0.4, 0.5) is 0 Å². The average molecular weight is 217 g/mol. The summed E-state index contributed by atoms with van der Waals surface area (Å²) < 4.78 is 1.84. The van der Waals surface area contributed by atoms with Crippen molar-refractivity contribution in [3.05, 3.63) is 40.7 Å². The third kappa shape index (κ3) is 1.97. The molecule has 1 atom stereocenters. The number of hydrogen-bond acceptors (Lipinski definition) is 3. The van der Waals surface area contributed by atoms with E-state index in [1.807, 2.05) is 28.9 Å². The summed E-state index contributed by atoms with van der Waals surface area (Å²) in [6.07, 6.45) is 1.37. The van der Waals surface area contributed by atoms with Crippen molar-refractivity contribution in [1.29, 1.82) is 0 Å². The molecule has 0 aliphatic rings. The van der Waals surface area contributed by atoms with E-state index in [1.165, 1.54) is 6.20 Å². The molecule has 16 heavy (non-hydrogen) atoms. The summed E-state index contributed by atoms with van der Waals surface area (Å²) in [5.41, 5.74) is 6.43. The van der Waals surface area contributed by atoms with E-state index >= 15 is 0 Å². The number of para-hydroxylation sites is 1. The van der Waals surface area contributed by atoms with E-state index in [0.29, 0.717) is 17.8 Å². The van der Waals surface area contributed by atoms with Gasteiger partial charge in [0.1, 0.15) is 0 Å². The summed E-state index contributed by atoms with van der Waals surface area (Å²) in [6, 6.07) is 7.50. The molecule has 0 aliphatic carbocycles. The largest absolute Gasteiger partial charge is 0.330 e. The fourth-order valence-corrected chi connectivity index (χ4v) is 1.68. The van der Waals surface area contributed by atoms with Crippen molar-refractivity contribution in [2.24, 2.45) is 11.7 Å². The fraction of sp³-hybridized carbons (Fsp3) is 0.333. The van der Waals surface area contributed by atoms with E-state index in [9.17, 15) is 4.79 Å². The number of nitrogens with two attached hydrogens (primary N) is 1. The molecular formula is C12H15N3O. The van der Waals surface area contributed by atoms with Gasteiger partial charge in [-0.1, -0.05) is 19.1 Å². The molecule has 1 aromatic heterocycles. The Bertz CT molecular complexity index is 547. The molecule has 0 saturated carbocycles. The van der Waals surface area contributed by atoms with Crippen LogP contribution in [-0.2, 0) is 6.54 Å². The molecule has 0 fully saturated rings. The maximum atomic E-state index is 11.6. The molecule has 0 saturated heterocycles. The van der Waals surface area contributed by atoms with Crippen molar-refractivity contribution in [2.45, 2.75) is 13.5 Å². The van der Waals surface area contributed by atoms with E-state index in [4.69, 9.17) is 5.73 Å². The normalized spacial score (nSPS) is 12.9. The zero-order valence-corrected chi connectivity index (χ0v) is 9.26. The molecule has 2 aromatic rings. The molecule has 4 heteroatoms. The van der Waals surface area contributed by atoms with E-state index in [2.05, 4.69) is 12.0 Å². The zero-order chi connectivity index (χ0) is 11.5. The summed E-state index contributed by atoms with van der Waals surface area (Å²) in [6.45, 7) is 3.41. The topological polar surface area (TPSA) is 60.9 Å². The summed E-state index contributed by atoms with van der Waals surface area (Å²) in [5.74, 6) is 0.346. The Morgan fingerprint density at radius 1 is 1.44 bits per heavy atom. The molecule has 84 valence electrons. The molecule has 2 rings (SSSR count). The minimum atomic E-state index is -0.0350. The monoisotopic (exact) mass is 217 g/mol. The smallest absolute Gasteiger partial charge is 0.207 e. The molecule has 0 aliphatic heterocycles. The first-order valence-electron chi connectivity index (χ1n) is 5.37. The first kappa shape index (κ1) is 10.8. The molecule has 1 unspecified atom stereocenters. The van der Waals surface area contributed by atoms with Crippen LogP contribution in [0.15, 0.2) is 35.3 Å². The standard InChI is InChI=1S/C12H15N3O/c1-9(6-13)8-15-11-5-3-2-4-10(11)12(16)7-14-15/h2-5,7,9H,6,8,13H2,1H3. The highest BCUT2D eigenvalue weighted by atomic mass is 16.1. The Morgan fingerprint density at radius 2 is 2.19 bits per heavy atom. The SMILES string of the molecule is CC(CN)Cn1ncc(=O)c2ccccc21. The second kappa shape index (κ2) is 4.45. The maximum Gasteiger partial charge on any atom is 0.207 e. The fourth-order valence-electron chi connectivity index (χ4n) is 1.68. The van der Waals surface area contributed by atoms with E-state index in [-0.39, 0.29) is 5.43 Å². The number of rotatable bonds is 3. The van der Waals surface area contributed by atoms with Crippen molar-refractivity contribution < 1.29 is 0 Å². The minimum Gasteiger partial charge on any atom is -0.330 e. The van der Waals surface area contributed by atoms with Gasteiger partial charge in [0, 0.05) is 11.9 Å². The van der Waals surface area contributed by atoms with Gasteiger partial charge in [0.25, 0.3) is 0 Å². The number of nitrogens with zero attached hydrogens (tertiary/aromatic N) is 2.